The summed E-state index contributed by atoms with van der Waals surface area (Å²) in [6.07, 6.45) is 7.49. The molecule has 0 aliphatic heterocycles. The number of carbonyl (C=O) groups is 1. The van der Waals surface area contributed by atoms with Gasteiger partial charge in [0, 0.05) is 6.92 Å². The number of carbonyl (C=O) groups excluding carboxylic acids is 1. The van der Waals surface area contributed by atoms with E-state index in [1.54, 1.807) is 0 Å². The van der Waals surface area contributed by atoms with Crippen molar-refractivity contribution in [2.24, 2.45) is 0 Å². The highest BCUT2D eigenvalue weighted by molar-refractivity contribution is 5.67. The van der Waals surface area contributed by atoms with Crippen molar-refractivity contribution in [1.29, 1.82) is 0 Å². The van der Waals surface area contributed by atoms with Crippen LogP contribution in [0.4, 0.5) is 0 Å². The van der Waals surface area contributed by atoms with Gasteiger partial charge in [0.05, 0.1) is 0 Å². The van der Waals surface area contributed by atoms with E-state index < -0.39 is 0 Å². The van der Waals surface area contributed by atoms with Crippen LogP contribution < -0.4 is 0 Å². The van der Waals surface area contributed by atoms with Crippen LogP contribution in [-0.4, -0.2) is 12.1 Å². The molecular weight excluding hydrogens is 224 g/mol. The van der Waals surface area contributed by atoms with E-state index in [1.165, 1.54) is 18.1 Å². The minimum Gasteiger partial charge on any atom is -0.463 e. The molecule has 2 nitrogen and oxygen atoms in total. The van der Waals surface area contributed by atoms with E-state index in [0.29, 0.717) is 0 Å². The summed E-state index contributed by atoms with van der Waals surface area (Å²) < 4.78 is 5.34. The average Bonchev–Trinajstić information content (AvgIpc) is 2.34. The third-order valence-electron chi connectivity index (χ3n) is 3.33. The SMILES string of the molecule is CC(=O)OC1CCCC=C(c2ccccc2)CC1. The number of esters is 1. The van der Waals surface area contributed by atoms with Gasteiger partial charge in [0.2, 0.25) is 0 Å². The number of hydrogen-bond donors (Lipinski definition) is 0. The van der Waals surface area contributed by atoms with Crippen LogP contribution in [0, 0.1) is 0 Å². The van der Waals surface area contributed by atoms with Crippen LogP contribution in [0.3, 0.4) is 0 Å². The molecule has 18 heavy (non-hydrogen) atoms. The van der Waals surface area contributed by atoms with Gasteiger partial charge in [-0.25, -0.2) is 0 Å². The number of rotatable bonds is 2. The van der Waals surface area contributed by atoms with Gasteiger partial charge >= 0.3 is 5.97 Å². The van der Waals surface area contributed by atoms with E-state index in [2.05, 4.69) is 30.3 Å². The van der Waals surface area contributed by atoms with Crippen LogP contribution in [-0.2, 0) is 9.53 Å². The van der Waals surface area contributed by atoms with Crippen LogP contribution in [0.25, 0.3) is 5.57 Å². The Labute approximate surface area is 109 Å². The summed E-state index contributed by atoms with van der Waals surface area (Å²) in [5, 5.41) is 0. The molecule has 0 saturated carbocycles. The van der Waals surface area contributed by atoms with Gasteiger partial charge in [0.1, 0.15) is 6.10 Å². The van der Waals surface area contributed by atoms with Crippen molar-refractivity contribution in [3.05, 3.63) is 42.0 Å². The minimum absolute atomic E-state index is 0.0925. The fourth-order valence-electron chi connectivity index (χ4n) is 2.45. The van der Waals surface area contributed by atoms with Gasteiger partial charge in [-0.2, -0.15) is 0 Å². The van der Waals surface area contributed by atoms with Crippen molar-refractivity contribution in [2.45, 2.75) is 45.1 Å². The van der Waals surface area contributed by atoms with Crippen molar-refractivity contribution < 1.29 is 9.53 Å². The molecular formula is C16H20O2. The molecule has 0 fully saturated rings. The molecule has 96 valence electrons. The van der Waals surface area contributed by atoms with Crippen LogP contribution >= 0.6 is 0 Å². The summed E-state index contributed by atoms with van der Waals surface area (Å²) in [5.74, 6) is -0.161. The van der Waals surface area contributed by atoms with Crippen LogP contribution in [0.1, 0.15) is 44.6 Å². The maximum absolute atomic E-state index is 11.0. The second kappa shape index (κ2) is 6.39. The molecule has 1 aromatic rings. The molecule has 1 aliphatic rings. The Balaban J connectivity index is 2.03. The van der Waals surface area contributed by atoms with Crippen molar-refractivity contribution in [3.8, 4) is 0 Å². The molecule has 0 aromatic heterocycles. The van der Waals surface area contributed by atoms with Crippen LogP contribution in [0.5, 0.6) is 0 Å². The van der Waals surface area contributed by atoms with E-state index in [4.69, 9.17) is 4.74 Å². The lowest BCUT2D eigenvalue weighted by Crippen LogP contribution is -2.17. The zero-order valence-corrected chi connectivity index (χ0v) is 10.9. The molecule has 1 unspecified atom stereocenters. The summed E-state index contributed by atoms with van der Waals surface area (Å²) in [4.78, 5) is 11.0. The zero-order valence-electron chi connectivity index (χ0n) is 10.9. The normalized spacial score (nSPS) is 20.5. The Kier molecular flexibility index (Phi) is 4.57. The van der Waals surface area contributed by atoms with Gasteiger partial charge in [-0.3, -0.25) is 4.79 Å². The van der Waals surface area contributed by atoms with Gasteiger partial charge in [0.15, 0.2) is 0 Å². The Morgan fingerprint density at radius 1 is 1.22 bits per heavy atom. The molecule has 0 N–H and O–H groups in total. The first-order chi connectivity index (χ1) is 8.75. The minimum atomic E-state index is -0.161. The molecule has 1 aliphatic carbocycles. The highest BCUT2D eigenvalue weighted by atomic mass is 16.5. The summed E-state index contributed by atoms with van der Waals surface area (Å²) >= 11 is 0. The van der Waals surface area contributed by atoms with E-state index in [9.17, 15) is 4.79 Å². The van der Waals surface area contributed by atoms with Crippen molar-refractivity contribution in [2.75, 3.05) is 0 Å². The molecule has 0 spiro atoms. The predicted octanol–water partition coefficient (Wildman–Crippen LogP) is 3.97. The first kappa shape index (κ1) is 12.9. The molecule has 0 bridgehead atoms. The van der Waals surface area contributed by atoms with Crippen LogP contribution in [0.15, 0.2) is 36.4 Å². The zero-order chi connectivity index (χ0) is 12.8. The number of hydrogen-bond acceptors (Lipinski definition) is 2. The first-order valence-corrected chi connectivity index (χ1v) is 6.67. The third kappa shape index (κ3) is 3.73. The van der Waals surface area contributed by atoms with Gasteiger partial charge in [0.25, 0.3) is 0 Å². The third-order valence-corrected chi connectivity index (χ3v) is 3.33. The second-order valence-corrected chi connectivity index (χ2v) is 4.80. The molecule has 2 rings (SSSR count). The molecule has 0 saturated heterocycles. The largest absolute Gasteiger partial charge is 0.463 e. The maximum Gasteiger partial charge on any atom is 0.302 e. The Bertz CT molecular complexity index is 420. The van der Waals surface area contributed by atoms with Gasteiger partial charge in [-0.1, -0.05) is 36.4 Å². The Hall–Kier alpha value is -1.57. The van der Waals surface area contributed by atoms with E-state index in [1.807, 2.05) is 6.07 Å². The van der Waals surface area contributed by atoms with Gasteiger partial charge < -0.3 is 4.74 Å². The molecule has 0 heterocycles. The maximum atomic E-state index is 11.0. The molecule has 0 amide bonds. The summed E-state index contributed by atoms with van der Waals surface area (Å²) in [5.41, 5.74) is 2.67. The van der Waals surface area contributed by atoms with Crippen molar-refractivity contribution >= 4 is 11.5 Å². The first-order valence-electron chi connectivity index (χ1n) is 6.67. The summed E-state index contributed by atoms with van der Waals surface area (Å²) in [6.45, 7) is 1.49. The average molecular weight is 244 g/mol. The topological polar surface area (TPSA) is 26.3 Å². The van der Waals surface area contributed by atoms with Gasteiger partial charge in [-0.05, 0) is 43.2 Å². The standard InChI is InChI=1S/C16H20O2/c1-13(17)18-16-10-6-5-9-15(11-12-16)14-7-3-2-4-8-14/h2-4,7-9,16H,5-6,10-12H2,1H3. The fraction of sp³-hybridized carbons (Fsp3) is 0.438. The predicted molar refractivity (Wildman–Crippen MR) is 73.1 cm³/mol. The molecule has 0 radical (unpaired) electrons. The smallest absolute Gasteiger partial charge is 0.302 e. The van der Waals surface area contributed by atoms with Crippen molar-refractivity contribution in [3.63, 3.8) is 0 Å². The lowest BCUT2D eigenvalue weighted by molar-refractivity contribution is -0.146. The number of allylic oxidation sites excluding steroid dienone is 2. The Morgan fingerprint density at radius 3 is 2.72 bits per heavy atom. The highest BCUT2D eigenvalue weighted by Gasteiger charge is 2.15. The molecule has 1 atom stereocenters. The quantitative estimate of drug-likeness (QED) is 0.736. The number of benzene rings is 1. The van der Waals surface area contributed by atoms with E-state index in [0.717, 1.165) is 32.1 Å². The monoisotopic (exact) mass is 244 g/mol. The summed E-state index contributed by atoms with van der Waals surface area (Å²) in [6, 6.07) is 10.5. The molecule has 1 aromatic carbocycles. The lowest BCUT2D eigenvalue weighted by atomic mass is 9.93. The van der Waals surface area contributed by atoms with E-state index >= 15 is 0 Å². The fourth-order valence-corrected chi connectivity index (χ4v) is 2.45. The highest BCUT2D eigenvalue weighted by Crippen LogP contribution is 2.26. The van der Waals surface area contributed by atoms with Gasteiger partial charge in [-0.15, -0.1) is 0 Å². The van der Waals surface area contributed by atoms with Crippen molar-refractivity contribution in [1.82, 2.24) is 0 Å². The Morgan fingerprint density at radius 2 is 2.00 bits per heavy atom. The molecule has 2 heteroatoms. The van der Waals surface area contributed by atoms with E-state index in [-0.39, 0.29) is 12.1 Å². The van der Waals surface area contributed by atoms with Crippen LogP contribution in [0.2, 0.25) is 0 Å². The second-order valence-electron chi connectivity index (χ2n) is 4.80. The number of ether oxygens (including phenoxy) is 1. The summed E-state index contributed by atoms with van der Waals surface area (Å²) in [7, 11) is 0. The lowest BCUT2D eigenvalue weighted by Gasteiger charge is -2.20.